The van der Waals surface area contributed by atoms with E-state index in [9.17, 15) is 4.79 Å². The van der Waals surface area contributed by atoms with Crippen molar-refractivity contribution in [3.8, 4) is 5.75 Å². The van der Waals surface area contributed by atoms with E-state index >= 15 is 0 Å². The van der Waals surface area contributed by atoms with Crippen molar-refractivity contribution in [2.75, 3.05) is 13.7 Å². The third-order valence-corrected chi connectivity index (χ3v) is 5.03. The Morgan fingerprint density at radius 2 is 1.80 bits per heavy atom. The lowest BCUT2D eigenvalue weighted by Crippen LogP contribution is -2.38. The van der Waals surface area contributed by atoms with E-state index in [2.05, 4.69) is 12.1 Å². The summed E-state index contributed by atoms with van der Waals surface area (Å²) in [6.07, 6.45) is 6.85. The lowest BCUT2D eigenvalue weighted by atomic mass is 9.94. The smallest absolute Gasteiger partial charge is 0.253 e. The molecule has 1 saturated carbocycles. The average Bonchev–Trinajstić information content (AvgIpc) is 2.68. The van der Waals surface area contributed by atoms with Gasteiger partial charge in [0.25, 0.3) is 5.91 Å². The van der Waals surface area contributed by atoms with Crippen molar-refractivity contribution in [1.29, 1.82) is 0 Å². The number of amides is 1. The van der Waals surface area contributed by atoms with E-state index < -0.39 is 0 Å². The van der Waals surface area contributed by atoms with Crippen molar-refractivity contribution in [2.45, 2.75) is 44.6 Å². The fourth-order valence-electron chi connectivity index (χ4n) is 3.49. The number of rotatable bonds is 6. The van der Waals surface area contributed by atoms with Crippen LogP contribution in [0.15, 0.2) is 54.6 Å². The van der Waals surface area contributed by atoms with Gasteiger partial charge in [0.05, 0.1) is 6.61 Å². The van der Waals surface area contributed by atoms with Gasteiger partial charge in [-0.05, 0) is 36.6 Å². The molecule has 3 rings (SSSR count). The van der Waals surface area contributed by atoms with Crippen LogP contribution in [0.4, 0.5) is 0 Å². The summed E-state index contributed by atoms with van der Waals surface area (Å²) in [5.74, 6) is 0.860. The Hall–Kier alpha value is -2.29. The van der Waals surface area contributed by atoms with Gasteiger partial charge in [0.2, 0.25) is 0 Å². The summed E-state index contributed by atoms with van der Waals surface area (Å²) in [5.41, 5.74) is 1.97. The van der Waals surface area contributed by atoms with Gasteiger partial charge in [-0.15, -0.1) is 0 Å². The van der Waals surface area contributed by atoms with Gasteiger partial charge < -0.3 is 9.64 Å². The Morgan fingerprint density at radius 3 is 2.56 bits per heavy atom. The average molecular weight is 337 g/mol. The normalized spacial score (nSPS) is 14.9. The summed E-state index contributed by atoms with van der Waals surface area (Å²) in [4.78, 5) is 14.7. The van der Waals surface area contributed by atoms with Gasteiger partial charge >= 0.3 is 0 Å². The first-order chi connectivity index (χ1) is 12.2. The Bertz CT molecular complexity index is 677. The lowest BCUT2D eigenvalue weighted by Gasteiger charge is -2.31. The quantitative estimate of drug-likeness (QED) is 0.764. The molecule has 2 aromatic rings. The van der Waals surface area contributed by atoms with Crippen LogP contribution in [0.25, 0.3) is 0 Å². The molecule has 0 spiro atoms. The summed E-state index contributed by atoms with van der Waals surface area (Å²) in [6.45, 7) is 0.611. The van der Waals surface area contributed by atoms with E-state index in [0.29, 0.717) is 18.2 Å². The highest BCUT2D eigenvalue weighted by Gasteiger charge is 2.23. The molecule has 0 heterocycles. The Balaban J connectivity index is 1.57. The molecule has 3 heteroatoms. The third kappa shape index (κ3) is 4.85. The molecule has 0 radical (unpaired) electrons. The molecular formula is C22H27NO2. The SMILES string of the molecule is CN(C(=O)c1cccc(OCCc2ccccc2)c1)C1CCCCC1. The fraction of sp³-hybridized carbons (Fsp3) is 0.409. The summed E-state index contributed by atoms with van der Waals surface area (Å²) in [7, 11) is 1.93. The molecule has 0 atom stereocenters. The number of ether oxygens (including phenoxy) is 1. The van der Waals surface area contributed by atoms with Crippen molar-refractivity contribution in [2.24, 2.45) is 0 Å². The molecule has 0 aromatic heterocycles. The van der Waals surface area contributed by atoms with E-state index in [-0.39, 0.29) is 5.91 Å². The summed E-state index contributed by atoms with van der Waals surface area (Å²) in [6, 6.07) is 18.2. The second kappa shape index (κ2) is 8.70. The molecule has 0 N–H and O–H groups in total. The van der Waals surface area contributed by atoms with Crippen LogP contribution in [0.2, 0.25) is 0 Å². The van der Waals surface area contributed by atoms with Crippen molar-refractivity contribution in [1.82, 2.24) is 4.90 Å². The van der Waals surface area contributed by atoms with Crippen LogP contribution in [-0.2, 0) is 6.42 Å². The van der Waals surface area contributed by atoms with E-state index in [1.807, 2.05) is 54.4 Å². The van der Waals surface area contributed by atoms with Crippen LogP contribution in [0.1, 0.15) is 48.0 Å². The van der Waals surface area contributed by atoms with Crippen LogP contribution < -0.4 is 4.74 Å². The molecule has 0 bridgehead atoms. The van der Waals surface area contributed by atoms with Crippen molar-refractivity contribution < 1.29 is 9.53 Å². The van der Waals surface area contributed by atoms with Crippen LogP contribution >= 0.6 is 0 Å². The number of carbonyl (C=O) groups is 1. The number of hydrogen-bond acceptors (Lipinski definition) is 2. The van der Waals surface area contributed by atoms with Crippen molar-refractivity contribution in [3.63, 3.8) is 0 Å². The maximum Gasteiger partial charge on any atom is 0.253 e. The Kier molecular flexibility index (Phi) is 6.10. The first-order valence-electron chi connectivity index (χ1n) is 9.28. The minimum atomic E-state index is 0.0976. The maximum atomic E-state index is 12.8. The van der Waals surface area contributed by atoms with Gasteiger partial charge in [-0.25, -0.2) is 0 Å². The summed E-state index contributed by atoms with van der Waals surface area (Å²) < 4.78 is 5.86. The lowest BCUT2D eigenvalue weighted by molar-refractivity contribution is 0.0696. The molecule has 1 amide bonds. The molecule has 0 unspecified atom stereocenters. The van der Waals surface area contributed by atoms with E-state index in [1.54, 1.807) is 0 Å². The highest BCUT2D eigenvalue weighted by molar-refractivity contribution is 5.94. The second-order valence-corrected chi connectivity index (χ2v) is 6.82. The summed E-state index contributed by atoms with van der Waals surface area (Å²) in [5, 5.41) is 0. The van der Waals surface area contributed by atoms with Gasteiger partial charge in [0, 0.05) is 25.1 Å². The second-order valence-electron chi connectivity index (χ2n) is 6.82. The largest absolute Gasteiger partial charge is 0.493 e. The molecule has 2 aromatic carbocycles. The fourth-order valence-corrected chi connectivity index (χ4v) is 3.49. The first kappa shape index (κ1) is 17.5. The van der Waals surface area contributed by atoms with Crippen LogP contribution in [-0.4, -0.2) is 30.5 Å². The van der Waals surface area contributed by atoms with Gasteiger partial charge in [-0.3, -0.25) is 4.79 Å². The third-order valence-electron chi connectivity index (χ3n) is 5.03. The van der Waals surface area contributed by atoms with E-state index in [0.717, 1.165) is 25.0 Å². The minimum absolute atomic E-state index is 0.0976. The standard InChI is InChI=1S/C22H27NO2/c1-23(20-12-6-3-7-13-20)22(24)19-11-8-14-21(17-19)25-16-15-18-9-4-2-5-10-18/h2,4-5,8-11,14,17,20H,3,6-7,12-13,15-16H2,1H3. The molecule has 25 heavy (non-hydrogen) atoms. The topological polar surface area (TPSA) is 29.5 Å². The first-order valence-corrected chi connectivity index (χ1v) is 9.28. The highest BCUT2D eigenvalue weighted by atomic mass is 16.5. The number of benzene rings is 2. The van der Waals surface area contributed by atoms with Gasteiger partial charge in [-0.1, -0.05) is 55.7 Å². The predicted octanol–water partition coefficient (Wildman–Crippen LogP) is 4.71. The Morgan fingerprint density at radius 1 is 1.04 bits per heavy atom. The van der Waals surface area contributed by atoms with Crippen molar-refractivity contribution >= 4 is 5.91 Å². The van der Waals surface area contributed by atoms with Gasteiger partial charge in [0.1, 0.15) is 5.75 Å². The number of carbonyl (C=O) groups excluding carboxylic acids is 1. The molecule has 3 nitrogen and oxygen atoms in total. The highest BCUT2D eigenvalue weighted by Crippen LogP contribution is 2.23. The summed E-state index contributed by atoms with van der Waals surface area (Å²) >= 11 is 0. The minimum Gasteiger partial charge on any atom is -0.493 e. The monoisotopic (exact) mass is 337 g/mol. The van der Waals surface area contributed by atoms with E-state index in [1.165, 1.54) is 24.8 Å². The van der Waals surface area contributed by atoms with Gasteiger partial charge in [0.15, 0.2) is 0 Å². The maximum absolute atomic E-state index is 12.8. The van der Waals surface area contributed by atoms with Crippen LogP contribution in [0.3, 0.4) is 0 Å². The van der Waals surface area contributed by atoms with Crippen LogP contribution in [0.5, 0.6) is 5.75 Å². The number of nitrogens with zero attached hydrogens (tertiary/aromatic N) is 1. The molecule has 1 fully saturated rings. The molecule has 1 aliphatic rings. The number of hydrogen-bond donors (Lipinski definition) is 0. The van der Waals surface area contributed by atoms with Crippen molar-refractivity contribution in [3.05, 3.63) is 65.7 Å². The van der Waals surface area contributed by atoms with Gasteiger partial charge in [-0.2, -0.15) is 0 Å². The molecular weight excluding hydrogens is 310 g/mol. The van der Waals surface area contributed by atoms with Crippen LogP contribution in [0, 0.1) is 0 Å². The zero-order chi connectivity index (χ0) is 17.5. The molecule has 0 aliphatic heterocycles. The zero-order valence-corrected chi connectivity index (χ0v) is 15.0. The zero-order valence-electron chi connectivity index (χ0n) is 15.0. The Labute approximate surface area is 150 Å². The predicted molar refractivity (Wildman–Crippen MR) is 101 cm³/mol. The molecule has 1 aliphatic carbocycles. The van der Waals surface area contributed by atoms with E-state index in [4.69, 9.17) is 4.74 Å². The molecule has 132 valence electrons. The molecule has 0 saturated heterocycles.